The van der Waals surface area contributed by atoms with Crippen LogP contribution in [0.3, 0.4) is 0 Å². The summed E-state index contributed by atoms with van der Waals surface area (Å²) in [4.78, 5) is 21.9. The quantitative estimate of drug-likeness (QED) is 0.817. The van der Waals surface area contributed by atoms with E-state index >= 15 is 0 Å². The van der Waals surface area contributed by atoms with Crippen LogP contribution >= 0.6 is 0 Å². The van der Waals surface area contributed by atoms with E-state index in [9.17, 15) is 18.0 Å². The lowest BCUT2D eigenvalue weighted by Crippen LogP contribution is -2.63. The molecule has 0 aliphatic carbocycles. The number of likely N-dealkylation sites (N-methyl/N-ethyl adjacent to an activating group) is 1. The molecule has 126 valence electrons. The number of hydrogen-bond acceptors (Lipinski definition) is 4. The minimum absolute atomic E-state index is 0.204. The number of alkyl halides is 3. The highest BCUT2D eigenvalue weighted by Crippen LogP contribution is 2.27. The molecule has 3 rings (SSSR count). The van der Waals surface area contributed by atoms with Gasteiger partial charge in [0.15, 0.2) is 0 Å². The van der Waals surface area contributed by atoms with Crippen molar-refractivity contribution in [2.45, 2.75) is 12.2 Å². The zero-order valence-electron chi connectivity index (χ0n) is 12.9. The molecule has 1 amide bonds. The van der Waals surface area contributed by atoms with Crippen molar-refractivity contribution in [3.8, 4) is 0 Å². The van der Waals surface area contributed by atoms with Crippen LogP contribution in [-0.4, -0.2) is 77.9 Å². The van der Waals surface area contributed by atoms with E-state index in [2.05, 4.69) is 21.8 Å². The van der Waals surface area contributed by atoms with Crippen molar-refractivity contribution >= 4 is 5.91 Å². The van der Waals surface area contributed by atoms with E-state index in [1.165, 1.54) is 6.07 Å². The maximum atomic E-state index is 12.5. The van der Waals surface area contributed by atoms with Gasteiger partial charge in [0.1, 0.15) is 5.69 Å². The van der Waals surface area contributed by atoms with Gasteiger partial charge in [-0.1, -0.05) is 0 Å². The summed E-state index contributed by atoms with van der Waals surface area (Å²) in [6, 6.07) is 2.40. The predicted octanol–water partition coefficient (Wildman–Crippen LogP) is 1.17. The van der Waals surface area contributed by atoms with Crippen molar-refractivity contribution in [2.75, 3.05) is 46.3 Å². The number of nitrogens with zero attached hydrogens (tertiary/aromatic N) is 4. The van der Waals surface area contributed by atoms with Gasteiger partial charge in [-0.25, -0.2) is 0 Å². The smallest absolute Gasteiger partial charge is 0.335 e. The van der Waals surface area contributed by atoms with E-state index in [0.29, 0.717) is 19.1 Å². The zero-order chi connectivity index (χ0) is 16.6. The summed E-state index contributed by atoms with van der Waals surface area (Å²) >= 11 is 0. The van der Waals surface area contributed by atoms with Crippen LogP contribution in [0.2, 0.25) is 0 Å². The normalized spacial score (nSPS) is 21.3. The summed E-state index contributed by atoms with van der Waals surface area (Å²) in [6.07, 6.45) is -3.47. The second-order valence-corrected chi connectivity index (χ2v) is 6.13. The number of aromatic nitrogens is 1. The summed E-state index contributed by atoms with van der Waals surface area (Å²) < 4.78 is 37.4. The average Bonchev–Trinajstić information content (AvgIpc) is 2.47. The maximum Gasteiger partial charge on any atom is 0.433 e. The summed E-state index contributed by atoms with van der Waals surface area (Å²) in [6.45, 7) is 5.28. The lowest BCUT2D eigenvalue weighted by molar-refractivity contribution is -0.141. The van der Waals surface area contributed by atoms with Crippen molar-refractivity contribution in [3.63, 3.8) is 0 Å². The molecule has 1 aromatic heterocycles. The van der Waals surface area contributed by atoms with Gasteiger partial charge in [-0.05, 0) is 19.2 Å². The van der Waals surface area contributed by atoms with E-state index < -0.39 is 11.9 Å². The third-order valence-corrected chi connectivity index (χ3v) is 4.50. The maximum absolute atomic E-state index is 12.5. The zero-order valence-corrected chi connectivity index (χ0v) is 12.9. The number of carbonyl (C=O) groups is 1. The largest absolute Gasteiger partial charge is 0.433 e. The second-order valence-electron chi connectivity index (χ2n) is 6.13. The fourth-order valence-electron chi connectivity index (χ4n) is 2.91. The van der Waals surface area contributed by atoms with Crippen LogP contribution in [0.25, 0.3) is 0 Å². The van der Waals surface area contributed by atoms with Gasteiger partial charge in [0.25, 0.3) is 5.91 Å². The first-order chi connectivity index (χ1) is 10.8. The van der Waals surface area contributed by atoms with Crippen LogP contribution in [-0.2, 0) is 6.18 Å². The lowest BCUT2D eigenvalue weighted by atomic mass is 10.0. The van der Waals surface area contributed by atoms with Crippen molar-refractivity contribution < 1.29 is 18.0 Å². The summed E-state index contributed by atoms with van der Waals surface area (Å²) in [5.41, 5.74) is -0.775. The summed E-state index contributed by atoms with van der Waals surface area (Å²) in [5, 5.41) is 0. The number of likely N-dealkylation sites (tertiary alicyclic amines) is 1. The molecule has 8 heteroatoms. The van der Waals surface area contributed by atoms with E-state index in [-0.39, 0.29) is 11.5 Å². The van der Waals surface area contributed by atoms with Crippen LogP contribution in [0.4, 0.5) is 13.2 Å². The SMILES string of the molecule is CN1CCN(C2CN(C(=O)c3ccc(C(F)(F)F)nc3)C2)CC1. The van der Waals surface area contributed by atoms with Gasteiger partial charge in [0.2, 0.25) is 0 Å². The van der Waals surface area contributed by atoms with E-state index in [1.54, 1.807) is 4.90 Å². The molecule has 0 saturated carbocycles. The molecule has 5 nitrogen and oxygen atoms in total. The summed E-state index contributed by atoms with van der Waals surface area (Å²) in [7, 11) is 2.09. The molecule has 2 fully saturated rings. The molecule has 0 bridgehead atoms. The number of piperazine rings is 1. The van der Waals surface area contributed by atoms with E-state index in [1.807, 2.05) is 0 Å². The first-order valence-electron chi connectivity index (χ1n) is 7.60. The molecule has 23 heavy (non-hydrogen) atoms. The first-order valence-corrected chi connectivity index (χ1v) is 7.60. The highest BCUT2D eigenvalue weighted by Gasteiger charge is 2.37. The highest BCUT2D eigenvalue weighted by molar-refractivity contribution is 5.94. The van der Waals surface area contributed by atoms with Crippen molar-refractivity contribution in [3.05, 3.63) is 29.6 Å². The van der Waals surface area contributed by atoms with Crippen LogP contribution in [0, 0.1) is 0 Å². The van der Waals surface area contributed by atoms with Gasteiger partial charge < -0.3 is 9.80 Å². The molecule has 1 aromatic rings. The van der Waals surface area contributed by atoms with E-state index in [4.69, 9.17) is 0 Å². The molecule has 0 unspecified atom stereocenters. The fraction of sp³-hybridized carbons (Fsp3) is 0.600. The molecule has 0 spiro atoms. The van der Waals surface area contributed by atoms with Crippen molar-refractivity contribution in [1.29, 1.82) is 0 Å². The van der Waals surface area contributed by atoms with E-state index in [0.717, 1.165) is 38.4 Å². The molecular weight excluding hydrogens is 309 g/mol. The van der Waals surface area contributed by atoms with Gasteiger partial charge in [-0.3, -0.25) is 14.7 Å². The number of halogens is 3. The Morgan fingerprint density at radius 2 is 1.83 bits per heavy atom. The molecule has 0 N–H and O–H groups in total. The molecule has 0 atom stereocenters. The number of amides is 1. The monoisotopic (exact) mass is 328 g/mol. The second kappa shape index (κ2) is 6.09. The van der Waals surface area contributed by atoms with Gasteiger partial charge in [-0.2, -0.15) is 13.2 Å². The molecule has 3 heterocycles. The number of pyridine rings is 1. The Balaban J connectivity index is 1.54. The van der Waals surface area contributed by atoms with Crippen LogP contribution < -0.4 is 0 Å². The average molecular weight is 328 g/mol. The molecular formula is C15H19F3N4O. The minimum atomic E-state index is -4.48. The highest BCUT2D eigenvalue weighted by atomic mass is 19.4. The van der Waals surface area contributed by atoms with Gasteiger partial charge in [0.05, 0.1) is 5.56 Å². The fourth-order valence-corrected chi connectivity index (χ4v) is 2.91. The number of rotatable bonds is 2. The standard InChI is InChI=1S/C15H19F3N4O/c1-20-4-6-21(7-5-20)12-9-22(10-12)14(23)11-2-3-13(19-8-11)15(16,17)18/h2-3,8,12H,4-7,9-10H2,1H3. The Labute approximate surface area is 132 Å². The molecule has 2 aliphatic rings. The lowest BCUT2D eigenvalue weighted by Gasteiger charge is -2.47. The van der Waals surface area contributed by atoms with Crippen LogP contribution in [0.1, 0.15) is 16.1 Å². The number of hydrogen-bond donors (Lipinski definition) is 0. The molecule has 0 radical (unpaired) electrons. The Morgan fingerprint density at radius 3 is 2.35 bits per heavy atom. The summed E-state index contributed by atoms with van der Waals surface area (Å²) in [5.74, 6) is -0.253. The third kappa shape index (κ3) is 3.48. The Morgan fingerprint density at radius 1 is 1.17 bits per heavy atom. The molecule has 2 aliphatic heterocycles. The first kappa shape index (κ1) is 16.2. The molecule has 2 saturated heterocycles. The van der Waals surface area contributed by atoms with Gasteiger partial charge in [0, 0.05) is 51.5 Å². The topological polar surface area (TPSA) is 39.7 Å². The predicted molar refractivity (Wildman–Crippen MR) is 78.0 cm³/mol. The Bertz CT molecular complexity index is 561. The Kier molecular flexibility index (Phi) is 4.29. The van der Waals surface area contributed by atoms with Gasteiger partial charge in [-0.15, -0.1) is 0 Å². The third-order valence-electron chi connectivity index (χ3n) is 4.50. The van der Waals surface area contributed by atoms with Gasteiger partial charge >= 0.3 is 6.18 Å². The molecule has 0 aromatic carbocycles. The van der Waals surface area contributed by atoms with Crippen molar-refractivity contribution in [1.82, 2.24) is 19.7 Å². The Hall–Kier alpha value is -1.67. The minimum Gasteiger partial charge on any atom is -0.335 e. The van der Waals surface area contributed by atoms with Crippen LogP contribution in [0.5, 0.6) is 0 Å². The van der Waals surface area contributed by atoms with Crippen molar-refractivity contribution in [2.24, 2.45) is 0 Å². The number of carbonyl (C=O) groups excluding carboxylic acids is 1. The van der Waals surface area contributed by atoms with Crippen LogP contribution in [0.15, 0.2) is 18.3 Å².